The first kappa shape index (κ1) is 11.6. The van der Waals surface area contributed by atoms with Gasteiger partial charge in [-0.25, -0.2) is 4.98 Å². The number of hydrogen-bond donors (Lipinski definition) is 1. The fourth-order valence-electron chi connectivity index (χ4n) is 2.50. The van der Waals surface area contributed by atoms with Gasteiger partial charge in [0.2, 0.25) is 0 Å². The number of fused-ring (bicyclic) bond motifs is 1. The quantitative estimate of drug-likeness (QED) is 0.915. The highest BCUT2D eigenvalue weighted by atomic mass is 79.9. The van der Waals surface area contributed by atoms with Gasteiger partial charge in [0.05, 0.1) is 10.2 Å². The molecule has 2 aromatic rings. The van der Waals surface area contributed by atoms with Crippen LogP contribution in [0.4, 0.5) is 0 Å². The number of hydrogen-bond acceptors (Lipinski definition) is 3. The van der Waals surface area contributed by atoms with Crippen LogP contribution >= 0.6 is 27.3 Å². The van der Waals surface area contributed by atoms with Crippen molar-refractivity contribution >= 4 is 37.5 Å². The van der Waals surface area contributed by atoms with Crippen LogP contribution < -0.4 is 5.32 Å². The maximum atomic E-state index is 4.84. The third kappa shape index (κ3) is 1.92. The molecule has 1 aromatic heterocycles. The molecule has 1 N–H and O–H groups in total. The lowest BCUT2D eigenvalue weighted by molar-refractivity contribution is 0.452. The molecule has 0 spiro atoms. The highest BCUT2D eigenvalue weighted by Gasteiger charge is 2.36. The molecule has 1 fully saturated rings. The topological polar surface area (TPSA) is 24.9 Å². The van der Waals surface area contributed by atoms with Gasteiger partial charge >= 0.3 is 0 Å². The van der Waals surface area contributed by atoms with Gasteiger partial charge in [-0.1, -0.05) is 22.9 Å². The predicted molar refractivity (Wildman–Crippen MR) is 76.8 cm³/mol. The maximum Gasteiger partial charge on any atom is 0.101 e. The Balaban J connectivity index is 2.11. The van der Waals surface area contributed by atoms with Gasteiger partial charge in [0.25, 0.3) is 0 Å². The molecular weight excluding hydrogens is 296 g/mol. The highest BCUT2D eigenvalue weighted by molar-refractivity contribution is 9.10. The first-order chi connectivity index (χ1) is 8.23. The molecule has 1 aliphatic heterocycles. The molecule has 0 bridgehead atoms. The zero-order valence-corrected chi connectivity index (χ0v) is 12.2. The van der Waals surface area contributed by atoms with E-state index in [1.165, 1.54) is 22.5 Å². The number of nitrogens with one attached hydrogen (secondary N) is 1. The Hall–Kier alpha value is -0.450. The first-order valence-electron chi connectivity index (χ1n) is 6.01. The van der Waals surface area contributed by atoms with E-state index in [9.17, 15) is 0 Å². The van der Waals surface area contributed by atoms with Crippen LogP contribution in [0.5, 0.6) is 0 Å². The minimum Gasteiger partial charge on any atom is -0.316 e. The van der Waals surface area contributed by atoms with E-state index in [-0.39, 0.29) is 5.41 Å². The zero-order valence-electron chi connectivity index (χ0n) is 9.79. The van der Waals surface area contributed by atoms with Crippen molar-refractivity contribution < 1.29 is 0 Å². The van der Waals surface area contributed by atoms with Crippen LogP contribution in [0, 0.1) is 0 Å². The molecule has 1 unspecified atom stereocenters. The van der Waals surface area contributed by atoms with E-state index in [1.807, 2.05) is 11.3 Å². The molecule has 1 saturated heterocycles. The molecule has 0 amide bonds. The fraction of sp³-hybridized carbons (Fsp3) is 0.462. The molecule has 2 nitrogen and oxygen atoms in total. The molecule has 1 aliphatic rings. The highest BCUT2D eigenvalue weighted by Crippen LogP contribution is 2.39. The normalized spacial score (nSPS) is 24.6. The summed E-state index contributed by atoms with van der Waals surface area (Å²) in [7, 11) is 0. The number of rotatable bonds is 2. The van der Waals surface area contributed by atoms with E-state index in [2.05, 4.69) is 46.4 Å². The minimum atomic E-state index is 0.274. The number of nitrogens with zero attached hydrogens (tertiary/aromatic N) is 1. The van der Waals surface area contributed by atoms with Gasteiger partial charge in [-0.2, -0.15) is 0 Å². The van der Waals surface area contributed by atoms with Gasteiger partial charge < -0.3 is 5.32 Å². The molecule has 4 heteroatoms. The van der Waals surface area contributed by atoms with Crippen molar-refractivity contribution in [1.82, 2.24) is 10.3 Å². The van der Waals surface area contributed by atoms with Crippen molar-refractivity contribution in [3.8, 4) is 0 Å². The summed E-state index contributed by atoms with van der Waals surface area (Å²) in [5.74, 6) is 0. The van der Waals surface area contributed by atoms with E-state index in [0.717, 1.165) is 23.1 Å². The Labute approximate surface area is 114 Å². The molecule has 3 rings (SSSR count). The van der Waals surface area contributed by atoms with E-state index >= 15 is 0 Å². The molecule has 1 atom stereocenters. The fourth-order valence-corrected chi connectivity index (χ4v) is 4.31. The van der Waals surface area contributed by atoms with Crippen molar-refractivity contribution in [2.45, 2.75) is 25.2 Å². The minimum absolute atomic E-state index is 0.274. The lowest BCUT2D eigenvalue weighted by Crippen LogP contribution is -2.27. The van der Waals surface area contributed by atoms with Crippen molar-refractivity contribution in [3.05, 3.63) is 27.7 Å². The average molecular weight is 311 g/mol. The van der Waals surface area contributed by atoms with Crippen molar-refractivity contribution in [2.24, 2.45) is 0 Å². The van der Waals surface area contributed by atoms with Gasteiger partial charge in [-0.15, -0.1) is 11.3 Å². The Bertz CT molecular complexity index is 543. The van der Waals surface area contributed by atoms with Crippen LogP contribution in [0.25, 0.3) is 10.2 Å². The second kappa shape index (κ2) is 4.34. The molecule has 17 heavy (non-hydrogen) atoms. The lowest BCUT2D eigenvalue weighted by Gasteiger charge is -2.23. The Morgan fingerprint density at radius 1 is 1.53 bits per heavy atom. The zero-order chi connectivity index (χ0) is 11.9. The summed E-state index contributed by atoms with van der Waals surface area (Å²) in [5.41, 5.74) is 1.41. The van der Waals surface area contributed by atoms with Crippen LogP contribution in [-0.4, -0.2) is 18.1 Å². The summed E-state index contributed by atoms with van der Waals surface area (Å²) in [5, 5.41) is 4.78. The van der Waals surface area contributed by atoms with E-state index in [1.54, 1.807) is 0 Å². The van der Waals surface area contributed by atoms with E-state index in [0.29, 0.717) is 0 Å². The largest absolute Gasteiger partial charge is 0.316 e. The summed E-state index contributed by atoms with van der Waals surface area (Å²) in [6, 6.07) is 6.34. The van der Waals surface area contributed by atoms with Crippen LogP contribution in [0.2, 0.25) is 0 Å². The van der Waals surface area contributed by atoms with Gasteiger partial charge in [0.15, 0.2) is 0 Å². The summed E-state index contributed by atoms with van der Waals surface area (Å²) in [6.45, 7) is 4.47. The van der Waals surface area contributed by atoms with Crippen LogP contribution in [-0.2, 0) is 5.41 Å². The SMILES string of the molecule is CCC1(c2nc3ccc(Br)cc3s2)CCNC1. The average Bonchev–Trinajstić information content (AvgIpc) is 2.94. The second-order valence-corrected chi connectivity index (χ2v) is 6.64. The van der Waals surface area contributed by atoms with Crippen LogP contribution in [0.15, 0.2) is 22.7 Å². The Morgan fingerprint density at radius 3 is 3.12 bits per heavy atom. The van der Waals surface area contributed by atoms with Crippen molar-refractivity contribution in [2.75, 3.05) is 13.1 Å². The van der Waals surface area contributed by atoms with Gasteiger partial charge in [-0.05, 0) is 37.6 Å². The molecule has 0 radical (unpaired) electrons. The lowest BCUT2D eigenvalue weighted by atomic mass is 9.85. The predicted octanol–water partition coefficient (Wildman–Crippen LogP) is 3.70. The Kier molecular flexibility index (Phi) is 2.97. The summed E-state index contributed by atoms with van der Waals surface area (Å²) >= 11 is 5.37. The van der Waals surface area contributed by atoms with Crippen molar-refractivity contribution in [3.63, 3.8) is 0 Å². The number of thiazole rings is 1. The molecule has 1 aromatic carbocycles. The number of halogens is 1. The number of benzene rings is 1. The molecular formula is C13H15BrN2S. The van der Waals surface area contributed by atoms with Crippen LogP contribution in [0.1, 0.15) is 24.8 Å². The van der Waals surface area contributed by atoms with E-state index in [4.69, 9.17) is 4.98 Å². The number of aromatic nitrogens is 1. The van der Waals surface area contributed by atoms with Crippen molar-refractivity contribution in [1.29, 1.82) is 0 Å². The third-order valence-corrected chi connectivity index (χ3v) is 5.48. The Morgan fingerprint density at radius 2 is 2.41 bits per heavy atom. The summed E-state index contributed by atoms with van der Waals surface area (Å²) < 4.78 is 2.42. The van der Waals surface area contributed by atoms with Gasteiger partial charge in [-0.3, -0.25) is 0 Å². The molecule has 0 saturated carbocycles. The first-order valence-corrected chi connectivity index (χ1v) is 7.62. The maximum absolute atomic E-state index is 4.84. The second-order valence-electron chi connectivity index (χ2n) is 4.69. The van der Waals surface area contributed by atoms with E-state index < -0.39 is 0 Å². The van der Waals surface area contributed by atoms with Gasteiger partial charge in [0.1, 0.15) is 5.01 Å². The monoisotopic (exact) mass is 310 g/mol. The standard InChI is InChI=1S/C13H15BrN2S/c1-2-13(5-6-15-8-13)12-16-10-4-3-9(14)7-11(10)17-12/h3-4,7,15H,2,5-6,8H2,1H3. The molecule has 0 aliphatic carbocycles. The van der Waals surface area contributed by atoms with Crippen LogP contribution in [0.3, 0.4) is 0 Å². The molecule has 90 valence electrons. The van der Waals surface area contributed by atoms with Gasteiger partial charge in [0, 0.05) is 16.4 Å². The summed E-state index contributed by atoms with van der Waals surface area (Å²) in [6.07, 6.45) is 2.38. The smallest absolute Gasteiger partial charge is 0.101 e. The molecule has 2 heterocycles. The summed E-state index contributed by atoms with van der Waals surface area (Å²) in [4.78, 5) is 4.84. The third-order valence-electron chi connectivity index (χ3n) is 3.72.